The molecule has 0 fully saturated rings. The number of benzene rings is 1. The molecule has 0 saturated carbocycles. The van der Waals surface area contributed by atoms with Crippen molar-refractivity contribution >= 4 is 15.9 Å². The number of hydrogen-bond donors (Lipinski definition) is 1. The first kappa shape index (κ1) is 14.3. The summed E-state index contributed by atoms with van der Waals surface area (Å²) in [7, 11) is 0. The summed E-state index contributed by atoms with van der Waals surface area (Å²) < 4.78 is 1.12. The summed E-state index contributed by atoms with van der Waals surface area (Å²) in [6, 6.07) is 8.96. The Morgan fingerprint density at radius 3 is 2.65 bits per heavy atom. The summed E-state index contributed by atoms with van der Waals surface area (Å²) in [5, 5.41) is 3.58. The van der Waals surface area contributed by atoms with Gasteiger partial charge in [-0.25, -0.2) is 0 Å². The molecule has 1 nitrogen and oxygen atoms in total. The van der Waals surface area contributed by atoms with Crippen LogP contribution >= 0.6 is 15.9 Å². The molecule has 1 unspecified atom stereocenters. The van der Waals surface area contributed by atoms with Crippen molar-refractivity contribution in [2.45, 2.75) is 38.6 Å². The molecule has 1 rings (SSSR count). The third-order valence-corrected chi connectivity index (χ3v) is 3.26. The minimum absolute atomic E-state index is 0.427. The van der Waals surface area contributed by atoms with Gasteiger partial charge in [0.15, 0.2) is 0 Å². The predicted molar refractivity (Wildman–Crippen MR) is 77.9 cm³/mol. The maximum absolute atomic E-state index is 5.30. The highest BCUT2D eigenvalue weighted by Crippen LogP contribution is 2.21. The fourth-order valence-corrected chi connectivity index (χ4v) is 2.07. The second kappa shape index (κ2) is 8.33. The average Bonchev–Trinajstić information content (AvgIpc) is 2.35. The Morgan fingerprint density at radius 2 is 2.06 bits per heavy atom. The average molecular weight is 294 g/mol. The molecule has 1 aromatic carbocycles. The highest BCUT2D eigenvalue weighted by atomic mass is 79.9. The molecule has 2 heteroatoms. The molecule has 1 aromatic rings. The molecule has 1 N–H and O–H groups in total. The van der Waals surface area contributed by atoms with Crippen molar-refractivity contribution in [1.82, 2.24) is 5.32 Å². The maximum atomic E-state index is 5.30. The Morgan fingerprint density at radius 1 is 1.35 bits per heavy atom. The number of terminal acetylenes is 1. The quantitative estimate of drug-likeness (QED) is 0.584. The SMILES string of the molecule is C#CCCCC(NCCC)c1ccc(Br)cc1. The lowest BCUT2D eigenvalue weighted by molar-refractivity contribution is 0.487. The van der Waals surface area contributed by atoms with E-state index in [1.165, 1.54) is 5.56 Å². The van der Waals surface area contributed by atoms with Gasteiger partial charge in [0.1, 0.15) is 0 Å². The van der Waals surface area contributed by atoms with Gasteiger partial charge in [-0.3, -0.25) is 0 Å². The molecule has 0 spiro atoms. The summed E-state index contributed by atoms with van der Waals surface area (Å²) in [5.74, 6) is 2.70. The van der Waals surface area contributed by atoms with Gasteiger partial charge in [-0.1, -0.05) is 35.0 Å². The highest BCUT2D eigenvalue weighted by Gasteiger charge is 2.09. The zero-order chi connectivity index (χ0) is 12.5. The van der Waals surface area contributed by atoms with Crippen LogP contribution < -0.4 is 5.32 Å². The van der Waals surface area contributed by atoms with Crippen molar-refractivity contribution in [2.24, 2.45) is 0 Å². The number of rotatable bonds is 7. The van der Waals surface area contributed by atoms with E-state index in [1.807, 2.05) is 0 Å². The van der Waals surface area contributed by atoms with Gasteiger partial charge in [0, 0.05) is 16.9 Å². The van der Waals surface area contributed by atoms with Crippen molar-refractivity contribution in [1.29, 1.82) is 0 Å². The first-order chi connectivity index (χ1) is 8.27. The number of nitrogens with one attached hydrogen (secondary N) is 1. The van der Waals surface area contributed by atoms with E-state index >= 15 is 0 Å². The van der Waals surface area contributed by atoms with E-state index in [-0.39, 0.29) is 0 Å². The Kier molecular flexibility index (Phi) is 7.00. The second-order valence-electron chi connectivity index (χ2n) is 4.15. The summed E-state index contributed by atoms with van der Waals surface area (Å²) in [4.78, 5) is 0. The van der Waals surface area contributed by atoms with Crippen LogP contribution in [0.25, 0.3) is 0 Å². The smallest absolute Gasteiger partial charge is 0.0320 e. The van der Waals surface area contributed by atoms with Crippen molar-refractivity contribution in [3.8, 4) is 12.3 Å². The Bertz CT molecular complexity index is 350. The monoisotopic (exact) mass is 293 g/mol. The van der Waals surface area contributed by atoms with Crippen LogP contribution in [-0.4, -0.2) is 6.54 Å². The zero-order valence-electron chi connectivity index (χ0n) is 10.4. The van der Waals surface area contributed by atoms with E-state index in [0.29, 0.717) is 6.04 Å². The lowest BCUT2D eigenvalue weighted by Gasteiger charge is -2.18. The molecule has 0 bridgehead atoms. The summed E-state index contributed by atoms with van der Waals surface area (Å²) >= 11 is 3.46. The van der Waals surface area contributed by atoms with Crippen LogP contribution in [0.3, 0.4) is 0 Å². The predicted octanol–water partition coefficient (Wildman–Crippen LogP) is 4.29. The fourth-order valence-electron chi connectivity index (χ4n) is 1.81. The summed E-state index contributed by atoms with van der Waals surface area (Å²) in [6.45, 7) is 3.24. The van der Waals surface area contributed by atoms with Crippen LogP contribution in [0.5, 0.6) is 0 Å². The van der Waals surface area contributed by atoms with Crippen LogP contribution in [0.4, 0.5) is 0 Å². The van der Waals surface area contributed by atoms with Crippen LogP contribution in [0.1, 0.15) is 44.2 Å². The minimum atomic E-state index is 0.427. The third-order valence-electron chi connectivity index (χ3n) is 2.73. The van der Waals surface area contributed by atoms with E-state index in [9.17, 15) is 0 Å². The van der Waals surface area contributed by atoms with Gasteiger partial charge < -0.3 is 5.32 Å². The molecule has 92 valence electrons. The van der Waals surface area contributed by atoms with Gasteiger partial charge in [0.25, 0.3) is 0 Å². The summed E-state index contributed by atoms with van der Waals surface area (Å²) in [6.07, 6.45) is 9.49. The summed E-state index contributed by atoms with van der Waals surface area (Å²) in [5.41, 5.74) is 1.35. The molecule has 0 aliphatic heterocycles. The molecule has 17 heavy (non-hydrogen) atoms. The van der Waals surface area contributed by atoms with Crippen LogP contribution in [0.15, 0.2) is 28.7 Å². The Balaban J connectivity index is 2.61. The molecule has 0 aromatic heterocycles. The van der Waals surface area contributed by atoms with Gasteiger partial charge in [-0.05, 0) is 43.5 Å². The second-order valence-corrected chi connectivity index (χ2v) is 5.07. The molecule has 0 aliphatic rings. The Labute approximate surface area is 113 Å². The normalized spacial score (nSPS) is 12.1. The van der Waals surface area contributed by atoms with Crippen molar-refractivity contribution in [3.63, 3.8) is 0 Å². The van der Waals surface area contributed by atoms with Crippen LogP contribution in [-0.2, 0) is 0 Å². The zero-order valence-corrected chi connectivity index (χ0v) is 12.0. The fraction of sp³-hybridized carbons (Fsp3) is 0.467. The van der Waals surface area contributed by atoms with Gasteiger partial charge >= 0.3 is 0 Å². The lowest BCUT2D eigenvalue weighted by Crippen LogP contribution is -2.22. The molecule has 0 heterocycles. The van der Waals surface area contributed by atoms with Gasteiger partial charge in [-0.2, -0.15) is 0 Å². The molecule has 0 radical (unpaired) electrons. The van der Waals surface area contributed by atoms with E-state index < -0.39 is 0 Å². The van der Waals surface area contributed by atoms with Crippen LogP contribution in [0.2, 0.25) is 0 Å². The molecular formula is C15H20BrN. The third kappa shape index (κ3) is 5.39. The van der Waals surface area contributed by atoms with Gasteiger partial charge in [0.2, 0.25) is 0 Å². The van der Waals surface area contributed by atoms with E-state index in [2.05, 4.69) is 58.4 Å². The van der Waals surface area contributed by atoms with Gasteiger partial charge in [-0.15, -0.1) is 12.3 Å². The minimum Gasteiger partial charge on any atom is -0.310 e. The molecule has 1 atom stereocenters. The molecule has 0 aliphatic carbocycles. The Hall–Kier alpha value is -0.780. The topological polar surface area (TPSA) is 12.0 Å². The number of halogens is 1. The van der Waals surface area contributed by atoms with E-state index in [1.54, 1.807) is 0 Å². The highest BCUT2D eigenvalue weighted by molar-refractivity contribution is 9.10. The van der Waals surface area contributed by atoms with Crippen molar-refractivity contribution in [3.05, 3.63) is 34.3 Å². The lowest BCUT2D eigenvalue weighted by atomic mass is 10.0. The van der Waals surface area contributed by atoms with Crippen molar-refractivity contribution in [2.75, 3.05) is 6.54 Å². The first-order valence-corrected chi connectivity index (χ1v) is 6.99. The maximum Gasteiger partial charge on any atom is 0.0320 e. The molecule has 0 saturated heterocycles. The molecule has 0 amide bonds. The largest absolute Gasteiger partial charge is 0.310 e. The van der Waals surface area contributed by atoms with Gasteiger partial charge in [0.05, 0.1) is 0 Å². The molecular weight excluding hydrogens is 274 g/mol. The number of unbranched alkanes of at least 4 members (excludes halogenated alkanes) is 1. The van der Waals surface area contributed by atoms with E-state index in [0.717, 1.165) is 36.7 Å². The van der Waals surface area contributed by atoms with Crippen LogP contribution in [0, 0.1) is 12.3 Å². The first-order valence-electron chi connectivity index (χ1n) is 6.20. The van der Waals surface area contributed by atoms with E-state index in [4.69, 9.17) is 6.42 Å². The number of hydrogen-bond acceptors (Lipinski definition) is 1. The van der Waals surface area contributed by atoms with Crippen molar-refractivity contribution < 1.29 is 0 Å². The standard InChI is InChI=1S/C15H20BrN/c1-3-5-6-7-15(17-12-4-2)13-8-10-14(16)11-9-13/h1,8-11,15,17H,4-7,12H2,2H3.